The maximum absolute atomic E-state index is 15.4. The number of aryl methyl sites for hydroxylation is 2. The van der Waals surface area contributed by atoms with E-state index in [1.165, 1.54) is 6.92 Å². The highest BCUT2D eigenvalue weighted by Gasteiger charge is 2.53. The van der Waals surface area contributed by atoms with Crippen molar-refractivity contribution >= 4 is 22.1 Å². The molecule has 1 atom stereocenters. The van der Waals surface area contributed by atoms with Gasteiger partial charge in [-0.05, 0) is 117 Å². The van der Waals surface area contributed by atoms with E-state index in [0.717, 1.165) is 33.8 Å². The van der Waals surface area contributed by atoms with Crippen molar-refractivity contribution < 1.29 is 17.9 Å². The third-order valence-corrected chi connectivity index (χ3v) is 9.60. The van der Waals surface area contributed by atoms with E-state index in [9.17, 15) is 0 Å². The first-order chi connectivity index (χ1) is 24.6. The zero-order chi connectivity index (χ0) is 35.3. The first-order valence-corrected chi connectivity index (χ1v) is 16.7. The molecule has 0 saturated heterocycles. The molecule has 6 aromatic carbocycles. The van der Waals surface area contributed by atoms with Gasteiger partial charge in [0.05, 0.1) is 22.1 Å². The van der Waals surface area contributed by atoms with E-state index < -0.39 is 11.6 Å². The molecule has 8 aromatic rings. The summed E-state index contributed by atoms with van der Waals surface area (Å²) in [4.78, 5) is 9.65. The van der Waals surface area contributed by atoms with Crippen molar-refractivity contribution in [2.45, 2.75) is 32.4 Å². The summed E-state index contributed by atoms with van der Waals surface area (Å²) in [6.07, 6.45) is -4.62. The van der Waals surface area contributed by atoms with Crippen molar-refractivity contribution in [3.8, 4) is 34.3 Å². The van der Waals surface area contributed by atoms with E-state index in [4.69, 9.17) is 9.72 Å². The number of halogens is 3. The van der Waals surface area contributed by atoms with Gasteiger partial charge in [0.1, 0.15) is 28.6 Å². The Bertz CT molecular complexity index is 2500. The minimum Gasteiger partial charge on any atom is -0.457 e. The lowest BCUT2D eigenvalue weighted by Crippen LogP contribution is -2.40. The van der Waals surface area contributed by atoms with Gasteiger partial charge in [0.2, 0.25) is 0 Å². The number of benzene rings is 6. The molecule has 0 N–H and O–H groups in total. The van der Waals surface area contributed by atoms with E-state index >= 15 is 13.2 Å². The molecule has 8 heteroatoms. The second-order valence-corrected chi connectivity index (χ2v) is 12.9. The highest BCUT2D eigenvalue weighted by Crippen LogP contribution is 2.47. The number of fused-ring (bicyclic) bond motifs is 2. The Balaban J connectivity index is 1.23. The molecule has 0 bridgehead atoms. The van der Waals surface area contributed by atoms with Gasteiger partial charge in [-0.15, -0.1) is 0 Å². The van der Waals surface area contributed by atoms with Gasteiger partial charge in [0.25, 0.3) is 0 Å². The summed E-state index contributed by atoms with van der Waals surface area (Å²) in [5.74, 6) is 2.68. The van der Waals surface area contributed by atoms with Crippen LogP contribution in [0.25, 0.3) is 44.8 Å². The number of imidazole rings is 2. The molecule has 0 fully saturated rings. The highest BCUT2D eigenvalue weighted by molar-refractivity contribution is 5.85. The summed E-state index contributed by atoms with van der Waals surface area (Å²) in [5, 5.41) is 0. The van der Waals surface area contributed by atoms with Crippen LogP contribution in [0.15, 0.2) is 146 Å². The molecule has 0 aliphatic rings. The number of alkyl halides is 3. The number of hydrogen-bond acceptors (Lipinski definition) is 3. The third kappa shape index (κ3) is 5.62. The molecule has 0 amide bonds. The summed E-state index contributed by atoms with van der Waals surface area (Å²) < 4.78 is 56.1. The zero-order valence-corrected chi connectivity index (χ0v) is 28.2. The number of nitrogens with zero attached hydrogens (tertiary/aromatic N) is 4. The van der Waals surface area contributed by atoms with Gasteiger partial charge in [-0.3, -0.25) is 9.13 Å². The molecular weight excluding hydrogens is 645 g/mol. The molecule has 0 aliphatic heterocycles. The van der Waals surface area contributed by atoms with Gasteiger partial charge in [-0.2, -0.15) is 13.2 Å². The smallest absolute Gasteiger partial charge is 0.402 e. The normalized spacial score (nSPS) is 13.1. The molecule has 2 heterocycles. The Morgan fingerprint density at radius 1 is 0.549 bits per heavy atom. The predicted molar refractivity (Wildman–Crippen MR) is 196 cm³/mol. The summed E-state index contributed by atoms with van der Waals surface area (Å²) in [5.41, 5.74) is 3.90. The lowest BCUT2D eigenvalue weighted by Gasteiger charge is -2.33. The van der Waals surface area contributed by atoms with Crippen molar-refractivity contribution in [3.05, 3.63) is 168 Å². The third-order valence-electron chi connectivity index (χ3n) is 9.60. The first-order valence-electron chi connectivity index (χ1n) is 16.7. The van der Waals surface area contributed by atoms with Crippen LogP contribution in [0.5, 0.6) is 11.5 Å². The fraction of sp³-hybridized carbons (Fsp3) is 0.116. The molecule has 252 valence electrons. The van der Waals surface area contributed by atoms with Crippen LogP contribution >= 0.6 is 0 Å². The summed E-state index contributed by atoms with van der Waals surface area (Å²) in [7, 11) is 0. The SMILES string of the molecule is Cc1ccc(Oc2ccc(-c3nc4cc(C(C)(c5ccc6c(c5)nc(C)n6-c5ccccc5)C(F)(F)F)ccc4n3-c3ccccc3)cc2)cc1. The van der Waals surface area contributed by atoms with Gasteiger partial charge in [0, 0.05) is 16.9 Å². The number of aromatic nitrogens is 4. The van der Waals surface area contributed by atoms with Crippen LogP contribution in [0.3, 0.4) is 0 Å². The maximum atomic E-state index is 15.4. The van der Waals surface area contributed by atoms with Crippen LogP contribution in [-0.4, -0.2) is 25.3 Å². The van der Waals surface area contributed by atoms with Gasteiger partial charge in [-0.25, -0.2) is 9.97 Å². The molecule has 0 radical (unpaired) electrons. The molecule has 1 unspecified atom stereocenters. The van der Waals surface area contributed by atoms with E-state index in [1.54, 1.807) is 36.4 Å². The Morgan fingerprint density at radius 3 is 1.59 bits per heavy atom. The topological polar surface area (TPSA) is 44.9 Å². The summed E-state index contributed by atoms with van der Waals surface area (Å²) in [6.45, 7) is 5.11. The maximum Gasteiger partial charge on any atom is 0.402 e. The Hall–Kier alpha value is -6.15. The van der Waals surface area contributed by atoms with Gasteiger partial charge in [-0.1, -0.05) is 66.2 Å². The lowest BCUT2D eigenvalue weighted by molar-refractivity contribution is -0.173. The molecule has 0 aliphatic carbocycles. The minimum atomic E-state index is -4.62. The molecule has 8 rings (SSSR count). The van der Waals surface area contributed by atoms with Gasteiger partial charge in [0.15, 0.2) is 0 Å². The average molecular weight is 679 g/mol. The Kier molecular flexibility index (Phi) is 7.75. The van der Waals surface area contributed by atoms with Crippen LogP contribution in [0.4, 0.5) is 13.2 Å². The monoisotopic (exact) mass is 678 g/mol. The van der Waals surface area contributed by atoms with E-state index in [1.807, 2.05) is 132 Å². The molecular formula is C43H33F3N4O. The van der Waals surface area contributed by atoms with Crippen LogP contribution in [0.2, 0.25) is 0 Å². The second kappa shape index (κ2) is 12.3. The largest absolute Gasteiger partial charge is 0.457 e. The fourth-order valence-electron chi connectivity index (χ4n) is 6.75. The highest BCUT2D eigenvalue weighted by atomic mass is 19.4. The van der Waals surface area contributed by atoms with Crippen molar-refractivity contribution in [3.63, 3.8) is 0 Å². The van der Waals surface area contributed by atoms with Crippen molar-refractivity contribution in [1.29, 1.82) is 0 Å². The zero-order valence-electron chi connectivity index (χ0n) is 28.2. The number of rotatable bonds is 7. The van der Waals surface area contributed by atoms with Crippen LogP contribution in [0, 0.1) is 13.8 Å². The second-order valence-electron chi connectivity index (χ2n) is 12.9. The van der Waals surface area contributed by atoms with E-state index in [-0.39, 0.29) is 11.1 Å². The van der Waals surface area contributed by atoms with E-state index in [2.05, 4.69) is 4.98 Å². The summed E-state index contributed by atoms with van der Waals surface area (Å²) in [6, 6.07) is 44.5. The summed E-state index contributed by atoms with van der Waals surface area (Å²) >= 11 is 0. The molecule has 0 spiro atoms. The van der Waals surface area contributed by atoms with Crippen LogP contribution in [-0.2, 0) is 5.41 Å². The fourth-order valence-corrected chi connectivity index (χ4v) is 6.75. The molecule has 51 heavy (non-hydrogen) atoms. The van der Waals surface area contributed by atoms with Crippen molar-refractivity contribution in [2.24, 2.45) is 0 Å². The molecule has 0 saturated carbocycles. The van der Waals surface area contributed by atoms with Crippen LogP contribution < -0.4 is 4.74 Å². The lowest BCUT2D eigenvalue weighted by atomic mass is 9.75. The van der Waals surface area contributed by atoms with Gasteiger partial charge >= 0.3 is 6.18 Å². The Morgan fingerprint density at radius 2 is 1.04 bits per heavy atom. The number of hydrogen-bond donors (Lipinski definition) is 0. The van der Waals surface area contributed by atoms with Crippen LogP contribution in [0.1, 0.15) is 29.4 Å². The molecule has 5 nitrogen and oxygen atoms in total. The first kappa shape index (κ1) is 32.1. The molecule has 2 aromatic heterocycles. The number of ether oxygens (including phenoxy) is 1. The standard InChI is InChI=1S/C43H33F3N4O/c1-28-14-20-35(21-15-28)51-36-22-16-30(17-23-36)41-48-38-27-32(19-25-40(38)50(41)34-12-8-5-9-13-34)42(3,43(44,45)46)31-18-24-39-37(26-31)47-29(2)49(39)33-10-6-4-7-11-33/h4-27H,1-3H3. The number of para-hydroxylation sites is 2. The predicted octanol–water partition coefficient (Wildman–Crippen LogP) is 11.3. The van der Waals surface area contributed by atoms with E-state index in [0.29, 0.717) is 33.9 Å². The minimum absolute atomic E-state index is 0.0900. The average Bonchev–Trinajstić information content (AvgIpc) is 3.69. The quantitative estimate of drug-likeness (QED) is 0.169. The van der Waals surface area contributed by atoms with Crippen molar-refractivity contribution in [1.82, 2.24) is 19.1 Å². The Labute approximate surface area is 293 Å². The van der Waals surface area contributed by atoms with Crippen molar-refractivity contribution in [2.75, 3.05) is 0 Å². The van der Waals surface area contributed by atoms with Gasteiger partial charge < -0.3 is 4.74 Å².